The summed E-state index contributed by atoms with van der Waals surface area (Å²) in [5.74, 6) is 0.460. The highest BCUT2D eigenvalue weighted by molar-refractivity contribution is 9.10. The number of halogens is 1. The zero-order valence-electron chi connectivity index (χ0n) is 19.4. The van der Waals surface area contributed by atoms with Crippen LogP contribution in [0.3, 0.4) is 0 Å². The third-order valence-corrected chi connectivity index (χ3v) is 7.50. The summed E-state index contributed by atoms with van der Waals surface area (Å²) in [5, 5.41) is 4.68. The number of likely N-dealkylation sites (tertiary alicyclic amines) is 1. The molecule has 3 fully saturated rings. The minimum absolute atomic E-state index is 0.0214. The maximum Gasteiger partial charge on any atom is 0.346 e. The largest absolute Gasteiger partial charge is 0.383 e. The number of hydrogen-bond donors (Lipinski definition) is 0. The van der Waals surface area contributed by atoms with Crippen molar-refractivity contribution in [1.29, 1.82) is 0 Å². The van der Waals surface area contributed by atoms with Gasteiger partial charge in [0.1, 0.15) is 5.82 Å². The number of benzene rings is 1. The van der Waals surface area contributed by atoms with E-state index in [0.717, 1.165) is 41.7 Å². The van der Waals surface area contributed by atoms with Gasteiger partial charge in [0.25, 0.3) is 0 Å². The van der Waals surface area contributed by atoms with Crippen LogP contribution < -0.4 is 10.6 Å². The van der Waals surface area contributed by atoms with E-state index in [2.05, 4.69) is 21.0 Å². The van der Waals surface area contributed by atoms with Crippen LogP contribution in [0.15, 0.2) is 33.5 Å². The smallest absolute Gasteiger partial charge is 0.346 e. The predicted octanol–water partition coefficient (Wildman–Crippen LogP) is 2.55. The maximum absolute atomic E-state index is 13.4. The molecule has 1 saturated carbocycles. The molecule has 2 atom stereocenters. The van der Waals surface area contributed by atoms with Gasteiger partial charge >= 0.3 is 5.69 Å². The lowest BCUT2D eigenvalue weighted by molar-refractivity contribution is -0.137. The van der Waals surface area contributed by atoms with E-state index in [1.54, 1.807) is 12.0 Å². The van der Waals surface area contributed by atoms with E-state index in [0.29, 0.717) is 32.8 Å². The number of hydrogen-bond acceptors (Lipinski definition) is 5. The highest BCUT2D eigenvalue weighted by Gasteiger charge is 2.40. The highest BCUT2D eigenvalue weighted by atomic mass is 79.9. The first-order chi connectivity index (χ1) is 16.5. The average Bonchev–Trinajstić information content (AvgIpc) is 3.52. The molecule has 2 amide bonds. The van der Waals surface area contributed by atoms with E-state index >= 15 is 0 Å². The summed E-state index contributed by atoms with van der Waals surface area (Å²) >= 11 is 3.45. The van der Waals surface area contributed by atoms with Gasteiger partial charge in [0.2, 0.25) is 11.8 Å². The van der Waals surface area contributed by atoms with Gasteiger partial charge < -0.3 is 14.5 Å². The summed E-state index contributed by atoms with van der Waals surface area (Å²) < 4.78 is 9.39. The van der Waals surface area contributed by atoms with Gasteiger partial charge in [-0.3, -0.25) is 14.2 Å². The number of piperidine rings is 1. The topological polar surface area (TPSA) is 89.7 Å². The SMILES string of the molecule is COCCn1nc(C2CCCN(C(=O)C3CC(=O)N(c4cccc(Br)c4)C3)C2)n(C2CC2)c1=O. The van der Waals surface area contributed by atoms with Crippen LogP contribution in [0.1, 0.15) is 49.9 Å². The Balaban J connectivity index is 1.31. The van der Waals surface area contributed by atoms with Crippen LogP contribution >= 0.6 is 15.9 Å². The van der Waals surface area contributed by atoms with E-state index in [-0.39, 0.29) is 41.8 Å². The summed E-state index contributed by atoms with van der Waals surface area (Å²) in [6, 6.07) is 7.82. The van der Waals surface area contributed by atoms with Crippen LogP contribution in [0.25, 0.3) is 0 Å². The van der Waals surface area contributed by atoms with Gasteiger partial charge in [-0.1, -0.05) is 22.0 Å². The Morgan fingerprint density at radius 2 is 2.03 bits per heavy atom. The second-order valence-corrected chi connectivity index (χ2v) is 10.4. The van der Waals surface area contributed by atoms with Crippen molar-refractivity contribution < 1.29 is 14.3 Å². The molecule has 34 heavy (non-hydrogen) atoms. The Labute approximate surface area is 206 Å². The van der Waals surface area contributed by atoms with E-state index in [1.165, 1.54) is 4.68 Å². The summed E-state index contributed by atoms with van der Waals surface area (Å²) in [4.78, 5) is 42.7. The van der Waals surface area contributed by atoms with Gasteiger partial charge in [-0.2, -0.15) is 5.10 Å². The molecule has 0 bridgehead atoms. The number of methoxy groups -OCH3 is 1. The van der Waals surface area contributed by atoms with E-state index < -0.39 is 0 Å². The van der Waals surface area contributed by atoms with Gasteiger partial charge in [-0.25, -0.2) is 9.48 Å². The van der Waals surface area contributed by atoms with Crippen molar-refractivity contribution in [2.75, 3.05) is 38.3 Å². The molecule has 10 heteroatoms. The molecule has 2 aromatic rings. The second-order valence-electron chi connectivity index (χ2n) is 9.47. The minimum atomic E-state index is -0.352. The molecule has 2 unspecified atom stereocenters. The second kappa shape index (κ2) is 9.65. The summed E-state index contributed by atoms with van der Waals surface area (Å²) in [6.45, 7) is 2.46. The summed E-state index contributed by atoms with van der Waals surface area (Å²) in [7, 11) is 1.61. The molecular weight excluding hydrogens is 502 g/mol. The van der Waals surface area contributed by atoms with E-state index in [1.807, 2.05) is 33.7 Å². The van der Waals surface area contributed by atoms with Crippen molar-refractivity contribution in [1.82, 2.24) is 19.2 Å². The standard InChI is InChI=1S/C24H30BrN5O4/c1-34-11-10-29-24(33)30(19-7-8-19)22(26-29)16-4-3-9-27(14-16)23(32)17-12-21(31)28(15-17)20-6-2-5-18(25)13-20/h2,5-6,13,16-17,19H,3-4,7-12,14-15H2,1H3. The van der Waals surface area contributed by atoms with Crippen molar-refractivity contribution in [2.45, 2.75) is 50.6 Å². The number of aromatic nitrogens is 3. The summed E-state index contributed by atoms with van der Waals surface area (Å²) in [6.07, 6.45) is 3.97. The summed E-state index contributed by atoms with van der Waals surface area (Å²) in [5.41, 5.74) is 0.727. The van der Waals surface area contributed by atoms with Crippen molar-refractivity contribution in [3.05, 3.63) is 45.0 Å². The monoisotopic (exact) mass is 531 g/mol. The molecule has 1 aromatic heterocycles. The molecule has 0 spiro atoms. The molecule has 182 valence electrons. The molecule has 9 nitrogen and oxygen atoms in total. The molecule has 5 rings (SSSR count). The Kier molecular flexibility index (Phi) is 6.61. The van der Waals surface area contributed by atoms with Crippen molar-refractivity contribution in [3.63, 3.8) is 0 Å². The number of carbonyl (C=O) groups is 2. The van der Waals surface area contributed by atoms with E-state index in [4.69, 9.17) is 4.74 Å². The van der Waals surface area contributed by atoms with Crippen molar-refractivity contribution in [2.24, 2.45) is 5.92 Å². The van der Waals surface area contributed by atoms with Crippen molar-refractivity contribution in [3.8, 4) is 0 Å². The Bertz CT molecular complexity index is 1140. The van der Waals surface area contributed by atoms with Gasteiger partial charge in [-0.05, 0) is 43.9 Å². The first kappa shape index (κ1) is 23.3. The third-order valence-electron chi connectivity index (χ3n) is 7.01. The number of anilines is 1. The van der Waals surface area contributed by atoms with Gasteiger partial charge in [0.15, 0.2) is 0 Å². The van der Waals surface area contributed by atoms with Crippen molar-refractivity contribution >= 4 is 33.4 Å². The van der Waals surface area contributed by atoms with Crippen LogP contribution in [-0.2, 0) is 20.9 Å². The number of carbonyl (C=O) groups excluding carboxylic acids is 2. The zero-order valence-corrected chi connectivity index (χ0v) is 20.9. The average molecular weight is 532 g/mol. The lowest BCUT2D eigenvalue weighted by Crippen LogP contribution is -2.43. The van der Waals surface area contributed by atoms with Crippen LogP contribution in [0.5, 0.6) is 0 Å². The van der Waals surface area contributed by atoms with E-state index in [9.17, 15) is 14.4 Å². The quantitative estimate of drug-likeness (QED) is 0.547. The molecule has 2 aliphatic heterocycles. The number of rotatable bonds is 7. The predicted molar refractivity (Wildman–Crippen MR) is 130 cm³/mol. The molecule has 1 aromatic carbocycles. The first-order valence-corrected chi connectivity index (χ1v) is 12.8. The Hall–Kier alpha value is -2.46. The molecule has 1 aliphatic carbocycles. The van der Waals surface area contributed by atoms with Gasteiger partial charge in [0, 0.05) is 55.3 Å². The molecule has 2 saturated heterocycles. The molecular formula is C24H30BrN5O4. The molecule has 3 heterocycles. The molecule has 0 N–H and O–H groups in total. The fourth-order valence-electron chi connectivity index (χ4n) is 5.13. The minimum Gasteiger partial charge on any atom is -0.383 e. The fraction of sp³-hybridized carbons (Fsp3) is 0.583. The lowest BCUT2D eigenvalue weighted by atomic mass is 9.95. The normalized spacial score (nSPS) is 23.1. The maximum atomic E-state index is 13.4. The van der Waals surface area contributed by atoms with Gasteiger partial charge in [0.05, 0.1) is 19.1 Å². The van der Waals surface area contributed by atoms with Crippen LogP contribution in [-0.4, -0.2) is 64.4 Å². The van der Waals surface area contributed by atoms with Crippen LogP contribution in [0, 0.1) is 5.92 Å². The number of ether oxygens (including phenoxy) is 1. The van der Waals surface area contributed by atoms with Crippen LogP contribution in [0.4, 0.5) is 5.69 Å². The van der Waals surface area contributed by atoms with Gasteiger partial charge in [-0.15, -0.1) is 0 Å². The Morgan fingerprint density at radius 1 is 1.21 bits per heavy atom. The fourth-order valence-corrected chi connectivity index (χ4v) is 5.51. The first-order valence-electron chi connectivity index (χ1n) is 12.0. The number of nitrogens with zero attached hydrogens (tertiary/aromatic N) is 5. The molecule has 0 radical (unpaired) electrons. The Morgan fingerprint density at radius 3 is 2.76 bits per heavy atom. The highest BCUT2D eigenvalue weighted by Crippen LogP contribution is 2.37. The number of amides is 2. The zero-order chi connectivity index (χ0) is 23.8. The van der Waals surface area contributed by atoms with Crippen LogP contribution in [0.2, 0.25) is 0 Å². The lowest BCUT2D eigenvalue weighted by Gasteiger charge is -2.34. The third kappa shape index (κ3) is 4.57. The molecule has 3 aliphatic rings.